The minimum absolute atomic E-state index is 0.100. The summed E-state index contributed by atoms with van der Waals surface area (Å²) in [5.41, 5.74) is 0. The van der Waals surface area contributed by atoms with Gasteiger partial charge in [0.25, 0.3) is 0 Å². The van der Waals surface area contributed by atoms with E-state index in [1.54, 1.807) is 11.3 Å². The van der Waals surface area contributed by atoms with Crippen LogP contribution in [0, 0.1) is 5.92 Å². The van der Waals surface area contributed by atoms with Gasteiger partial charge in [0.05, 0.1) is 0 Å². The van der Waals surface area contributed by atoms with Gasteiger partial charge in [0.2, 0.25) is 5.91 Å². The Kier molecular flexibility index (Phi) is 4.14. The number of carbonyl (C=O) groups excluding carboxylic acids is 1. The molecule has 0 aliphatic rings. The predicted octanol–water partition coefficient (Wildman–Crippen LogP) is 2.41. The van der Waals surface area contributed by atoms with Crippen LogP contribution in [0.15, 0.2) is 17.5 Å². The first-order valence-corrected chi connectivity index (χ1v) is 5.76. The molecule has 1 rings (SSSR count). The molecule has 0 unspecified atom stereocenters. The van der Waals surface area contributed by atoms with Gasteiger partial charge in [0.15, 0.2) is 0 Å². The summed E-state index contributed by atoms with van der Waals surface area (Å²) in [7, 11) is 1.87. The van der Waals surface area contributed by atoms with Crippen LogP contribution in [0.1, 0.15) is 18.7 Å². The Bertz CT molecular complexity index is 279. The van der Waals surface area contributed by atoms with Crippen LogP contribution in [-0.4, -0.2) is 24.4 Å². The number of thiophene rings is 1. The quantitative estimate of drug-likeness (QED) is 0.749. The Balaban J connectivity index is 2.35. The molecule has 0 spiro atoms. The highest BCUT2D eigenvalue weighted by molar-refractivity contribution is 7.09. The Morgan fingerprint density at radius 2 is 2.29 bits per heavy atom. The molecule has 0 saturated heterocycles. The van der Waals surface area contributed by atoms with Gasteiger partial charge in [-0.05, 0) is 17.9 Å². The number of carbonyl (C=O) groups is 1. The first-order chi connectivity index (χ1) is 6.61. The van der Waals surface area contributed by atoms with Crippen molar-refractivity contribution in [1.29, 1.82) is 0 Å². The third kappa shape index (κ3) is 3.14. The first-order valence-electron chi connectivity index (χ1n) is 4.88. The molecule has 0 bridgehead atoms. The summed E-state index contributed by atoms with van der Waals surface area (Å²) in [6, 6.07) is 4.16. The van der Waals surface area contributed by atoms with Crippen molar-refractivity contribution in [3.63, 3.8) is 0 Å². The molecular weight excluding hydrogens is 194 g/mol. The van der Waals surface area contributed by atoms with Crippen LogP contribution in [0.25, 0.3) is 0 Å². The van der Waals surface area contributed by atoms with Crippen LogP contribution in [0.2, 0.25) is 0 Å². The lowest BCUT2D eigenvalue weighted by Gasteiger charge is -2.18. The van der Waals surface area contributed by atoms with Crippen molar-refractivity contribution < 1.29 is 4.79 Å². The van der Waals surface area contributed by atoms with E-state index < -0.39 is 0 Å². The topological polar surface area (TPSA) is 20.3 Å². The number of hydrogen-bond acceptors (Lipinski definition) is 2. The summed E-state index contributed by atoms with van der Waals surface area (Å²) >= 11 is 1.75. The zero-order valence-electron chi connectivity index (χ0n) is 8.99. The monoisotopic (exact) mass is 211 g/mol. The molecule has 0 aliphatic heterocycles. The molecule has 1 heterocycles. The highest BCUT2D eigenvalue weighted by atomic mass is 32.1. The van der Waals surface area contributed by atoms with Crippen molar-refractivity contribution in [1.82, 2.24) is 4.90 Å². The minimum Gasteiger partial charge on any atom is -0.345 e. The molecule has 3 heteroatoms. The summed E-state index contributed by atoms with van der Waals surface area (Å²) < 4.78 is 0. The van der Waals surface area contributed by atoms with Gasteiger partial charge in [0, 0.05) is 24.4 Å². The number of rotatable bonds is 4. The molecule has 78 valence electrons. The summed E-state index contributed by atoms with van der Waals surface area (Å²) in [5.74, 6) is 0.324. The fourth-order valence-electron chi connectivity index (χ4n) is 1.28. The van der Waals surface area contributed by atoms with Crippen LogP contribution in [0.5, 0.6) is 0 Å². The van der Waals surface area contributed by atoms with E-state index in [1.165, 1.54) is 4.88 Å². The van der Waals surface area contributed by atoms with Crippen LogP contribution in [-0.2, 0) is 11.2 Å². The van der Waals surface area contributed by atoms with Crippen LogP contribution in [0.3, 0.4) is 0 Å². The van der Waals surface area contributed by atoms with Gasteiger partial charge in [-0.1, -0.05) is 19.9 Å². The maximum atomic E-state index is 11.5. The summed E-state index contributed by atoms with van der Waals surface area (Å²) in [6.07, 6.45) is 0.965. The fourth-order valence-corrected chi connectivity index (χ4v) is 1.98. The highest BCUT2D eigenvalue weighted by Gasteiger charge is 2.12. The second-order valence-corrected chi connectivity index (χ2v) is 4.78. The maximum absolute atomic E-state index is 11.5. The zero-order chi connectivity index (χ0) is 10.6. The van der Waals surface area contributed by atoms with Gasteiger partial charge in [-0.2, -0.15) is 0 Å². The van der Waals surface area contributed by atoms with E-state index in [-0.39, 0.29) is 11.8 Å². The van der Waals surface area contributed by atoms with Gasteiger partial charge in [0.1, 0.15) is 0 Å². The molecule has 1 aromatic rings. The Morgan fingerprint density at radius 3 is 2.79 bits per heavy atom. The summed E-state index contributed by atoms with van der Waals surface area (Å²) in [6.45, 7) is 4.69. The average molecular weight is 211 g/mol. The maximum Gasteiger partial charge on any atom is 0.224 e. The van der Waals surface area contributed by atoms with Crippen LogP contribution >= 0.6 is 11.3 Å². The number of nitrogens with zero attached hydrogens (tertiary/aromatic N) is 1. The van der Waals surface area contributed by atoms with Gasteiger partial charge < -0.3 is 4.90 Å². The molecule has 2 nitrogen and oxygen atoms in total. The molecule has 14 heavy (non-hydrogen) atoms. The molecule has 0 aromatic carbocycles. The lowest BCUT2D eigenvalue weighted by atomic mass is 10.2. The van der Waals surface area contributed by atoms with E-state index in [0.29, 0.717) is 0 Å². The Labute approximate surface area is 89.5 Å². The van der Waals surface area contributed by atoms with Crippen LogP contribution in [0.4, 0.5) is 0 Å². The SMILES string of the molecule is CC(C)C(=O)N(C)CCc1cccs1. The molecule has 0 atom stereocenters. The normalized spacial score (nSPS) is 10.6. The van der Waals surface area contributed by atoms with E-state index >= 15 is 0 Å². The second kappa shape index (κ2) is 5.15. The molecule has 0 N–H and O–H groups in total. The molecule has 0 fully saturated rings. The number of likely N-dealkylation sites (N-methyl/N-ethyl adjacent to an activating group) is 1. The van der Waals surface area contributed by atoms with Gasteiger partial charge >= 0.3 is 0 Å². The lowest BCUT2D eigenvalue weighted by Crippen LogP contribution is -2.32. The molecule has 0 radical (unpaired) electrons. The smallest absolute Gasteiger partial charge is 0.224 e. The molecular formula is C11H17NOS. The summed E-state index contributed by atoms with van der Waals surface area (Å²) in [4.78, 5) is 14.7. The van der Waals surface area contributed by atoms with E-state index in [2.05, 4.69) is 11.4 Å². The fraction of sp³-hybridized carbons (Fsp3) is 0.545. The number of amides is 1. The van der Waals surface area contributed by atoms with Crippen molar-refractivity contribution in [2.24, 2.45) is 5.92 Å². The van der Waals surface area contributed by atoms with Crippen molar-refractivity contribution in [3.8, 4) is 0 Å². The second-order valence-electron chi connectivity index (χ2n) is 3.74. The lowest BCUT2D eigenvalue weighted by molar-refractivity contribution is -0.133. The van der Waals surface area contributed by atoms with Crippen molar-refractivity contribution in [3.05, 3.63) is 22.4 Å². The predicted molar refractivity (Wildman–Crippen MR) is 60.5 cm³/mol. The average Bonchev–Trinajstić information content (AvgIpc) is 2.65. The van der Waals surface area contributed by atoms with Crippen molar-refractivity contribution in [2.45, 2.75) is 20.3 Å². The summed E-state index contributed by atoms with van der Waals surface area (Å²) in [5, 5.41) is 2.07. The van der Waals surface area contributed by atoms with E-state index in [0.717, 1.165) is 13.0 Å². The van der Waals surface area contributed by atoms with Crippen molar-refractivity contribution in [2.75, 3.05) is 13.6 Å². The first kappa shape index (κ1) is 11.2. The third-order valence-corrected chi connectivity index (χ3v) is 3.08. The number of hydrogen-bond donors (Lipinski definition) is 0. The third-order valence-electron chi connectivity index (χ3n) is 2.14. The molecule has 1 amide bonds. The van der Waals surface area contributed by atoms with Gasteiger partial charge in [-0.3, -0.25) is 4.79 Å². The van der Waals surface area contributed by atoms with E-state index in [1.807, 2.05) is 31.9 Å². The van der Waals surface area contributed by atoms with Crippen LogP contribution < -0.4 is 0 Å². The van der Waals surface area contributed by atoms with Gasteiger partial charge in [-0.25, -0.2) is 0 Å². The molecule has 0 saturated carbocycles. The van der Waals surface area contributed by atoms with E-state index in [9.17, 15) is 4.79 Å². The van der Waals surface area contributed by atoms with Crippen molar-refractivity contribution >= 4 is 17.2 Å². The highest BCUT2D eigenvalue weighted by Crippen LogP contribution is 2.10. The zero-order valence-corrected chi connectivity index (χ0v) is 9.80. The Morgan fingerprint density at radius 1 is 1.57 bits per heavy atom. The molecule has 0 aliphatic carbocycles. The standard InChI is InChI=1S/C11H17NOS/c1-9(2)11(13)12(3)7-6-10-5-4-8-14-10/h4-5,8-9H,6-7H2,1-3H3. The Hall–Kier alpha value is -0.830. The van der Waals surface area contributed by atoms with Gasteiger partial charge in [-0.15, -0.1) is 11.3 Å². The van der Waals surface area contributed by atoms with E-state index in [4.69, 9.17) is 0 Å². The largest absolute Gasteiger partial charge is 0.345 e. The minimum atomic E-state index is 0.100. The molecule has 1 aromatic heterocycles.